The summed E-state index contributed by atoms with van der Waals surface area (Å²) < 4.78 is 10.3. The molecule has 3 rings (SSSR count). The molecule has 3 aromatic rings. The van der Waals surface area contributed by atoms with Crippen LogP contribution in [-0.4, -0.2) is 26.1 Å². The monoisotopic (exact) mass is 560 g/mol. The number of nitrogens with two attached hydrogens (primary N) is 2. The molecule has 9 heteroatoms. The molecule has 0 saturated carbocycles. The molecule has 0 bridgehead atoms. The lowest BCUT2D eigenvalue weighted by molar-refractivity contribution is 0.415. The average molecular weight is 560 g/mol. The van der Waals surface area contributed by atoms with Crippen LogP contribution < -0.4 is 31.6 Å². The zero-order valence-electron chi connectivity index (χ0n) is 18.6. The number of nitrogens with zero attached hydrogens (tertiary/aromatic N) is 2. The quantitative estimate of drug-likeness (QED) is 0.187. The Bertz CT molecular complexity index is 986. The Hall–Kier alpha value is -3.47. The highest BCUT2D eigenvalue weighted by Crippen LogP contribution is 2.16. The minimum Gasteiger partial charge on any atom is -0.497 e. The van der Waals surface area contributed by atoms with E-state index in [4.69, 9.17) is 20.9 Å². The molecule has 8 nitrogen and oxygen atoms in total. The molecule has 0 aromatic heterocycles. The molecule has 3 aromatic carbocycles. The third-order valence-corrected chi connectivity index (χ3v) is 4.58. The largest absolute Gasteiger partial charge is 0.497 e. The molecule has 174 valence electrons. The predicted molar refractivity (Wildman–Crippen MR) is 146 cm³/mol. The summed E-state index contributed by atoms with van der Waals surface area (Å²) in [7, 11) is 3.26. The fourth-order valence-corrected chi connectivity index (χ4v) is 2.90. The normalized spacial score (nSPS) is 11.3. The molecule has 0 aliphatic carbocycles. The number of nitrogens with one attached hydrogen (secondary N) is 2. The van der Waals surface area contributed by atoms with Gasteiger partial charge in [0.05, 0.1) is 27.3 Å². The summed E-state index contributed by atoms with van der Waals surface area (Å²) in [5.74, 6) is 2.24. The van der Waals surface area contributed by atoms with Gasteiger partial charge in [-0.25, -0.2) is 9.98 Å². The summed E-state index contributed by atoms with van der Waals surface area (Å²) in [4.78, 5) is 8.82. The van der Waals surface area contributed by atoms with Crippen LogP contribution in [0.15, 0.2) is 82.8 Å². The zero-order valence-corrected chi connectivity index (χ0v) is 20.9. The van der Waals surface area contributed by atoms with Crippen molar-refractivity contribution in [3.8, 4) is 11.5 Å². The van der Waals surface area contributed by atoms with E-state index in [9.17, 15) is 0 Å². The number of methoxy groups -OCH3 is 2. The van der Waals surface area contributed by atoms with Crippen molar-refractivity contribution in [3.63, 3.8) is 0 Å². The van der Waals surface area contributed by atoms with Crippen molar-refractivity contribution >= 4 is 47.3 Å². The lowest BCUT2D eigenvalue weighted by Gasteiger charge is -2.08. The molecule has 0 heterocycles. The smallest absolute Gasteiger partial charge is 0.193 e. The first-order valence-electron chi connectivity index (χ1n) is 10.1. The maximum Gasteiger partial charge on any atom is 0.193 e. The molecule has 0 unspecified atom stereocenters. The van der Waals surface area contributed by atoms with Crippen molar-refractivity contribution in [2.24, 2.45) is 21.5 Å². The van der Waals surface area contributed by atoms with Gasteiger partial charge in [0, 0.05) is 11.4 Å². The van der Waals surface area contributed by atoms with Gasteiger partial charge in [-0.3, -0.25) is 0 Å². The number of anilines is 2. The van der Waals surface area contributed by atoms with Gasteiger partial charge in [-0.2, -0.15) is 0 Å². The molecule has 0 fully saturated rings. The van der Waals surface area contributed by atoms with Crippen molar-refractivity contribution < 1.29 is 9.47 Å². The molecule has 0 saturated heterocycles. The SMILES string of the molecule is COc1ccc(NC(N)=NCc2cccc(CN=C(N)Nc3ccc(OC)cc3)c2)cc1.I. The van der Waals surface area contributed by atoms with Gasteiger partial charge in [-0.05, 0) is 59.7 Å². The van der Waals surface area contributed by atoms with E-state index in [2.05, 4.69) is 20.6 Å². The van der Waals surface area contributed by atoms with Gasteiger partial charge in [0.2, 0.25) is 0 Å². The van der Waals surface area contributed by atoms with Gasteiger partial charge < -0.3 is 31.6 Å². The number of rotatable bonds is 8. The highest BCUT2D eigenvalue weighted by atomic mass is 127. The predicted octanol–water partition coefficient (Wildman–Crippen LogP) is 4.18. The Labute approximate surface area is 211 Å². The molecule has 0 aliphatic heterocycles. The molecule has 0 atom stereocenters. The second-order valence-corrected chi connectivity index (χ2v) is 6.93. The van der Waals surface area contributed by atoms with Crippen molar-refractivity contribution in [2.45, 2.75) is 13.1 Å². The van der Waals surface area contributed by atoms with Crippen LogP contribution >= 0.6 is 24.0 Å². The van der Waals surface area contributed by atoms with Crippen LogP contribution in [0.4, 0.5) is 11.4 Å². The molecule has 33 heavy (non-hydrogen) atoms. The van der Waals surface area contributed by atoms with Crippen molar-refractivity contribution in [2.75, 3.05) is 24.9 Å². The molecule has 6 N–H and O–H groups in total. The lowest BCUT2D eigenvalue weighted by Crippen LogP contribution is -2.22. The van der Waals surface area contributed by atoms with Crippen LogP contribution in [0.1, 0.15) is 11.1 Å². The molecular formula is C24H29IN6O2. The van der Waals surface area contributed by atoms with Gasteiger partial charge in [-0.15, -0.1) is 24.0 Å². The maximum absolute atomic E-state index is 6.01. The van der Waals surface area contributed by atoms with Gasteiger partial charge in [0.15, 0.2) is 11.9 Å². The third kappa shape index (κ3) is 8.53. The number of ether oxygens (including phenoxy) is 2. The van der Waals surface area contributed by atoms with Crippen molar-refractivity contribution in [3.05, 3.63) is 83.9 Å². The number of hydrogen-bond donors (Lipinski definition) is 4. The highest BCUT2D eigenvalue weighted by molar-refractivity contribution is 14.0. The van der Waals surface area contributed by atoms with Crippen LogP contribution in [0.3, 0.4) is 0 Å². The Morgan fingerprint density at radius 3 is 1.45 bits per heavy atom. The second kappa shape index (κ2) is 13.2. The van der Waals surface area contributed by atoms with Gasteiger partial charge >= 0.3 is 0 Å². The van der Waals surface area contributed by atoms with E-state index in [1.54, 1.807) is 14.2 Å². The lowest BCUT2D eigenvalue weighted by atomic mass is 10.1. The Balaban J connectivity index is 0.00000385. The Kier molecular flexibility index (Phi) is 10.3. The molecule has 0 spiro atoms. The van der Waals surface area contributed by atoms with Crippen molar-refractivity contribution in [1.82, 2.24) is 0 Å². The number of hydrogen-bond acceptors (Lipinski definition) is 4. The van der Waals surface area contributed by atoms with Crippen LogP contribution in [0, 0.1) is 0 Å². The van der Waals surface area contributed by atoms with Gasteiger partial charge in [-0.1, -0.05) is 24.3 Å². The number of benzene rings is 3. The van der Waals surface area contributed by atoms with E-state index >= 15 is 0 Å². The van der Waals surface area contributed by atoms with E-state index in [1.807, 2.05) is 72.8 Å². The average Bonchev–Trinajstić information content (AvgIpc) is 2.83. The van der Waals surface area contributed by atoms with Crippen molar-refractivity contribution in [1.29, 1.82) is 0 Å². The number of aliphatic imine (C=N–C) groups is 2. The minimum absolute atomic E-state index is 0. The van der Waals surface area contributed by atoms with E-state index in [-0.39, 0.29) is 24.0 Å². The summed E-state index contributed by atoms with van der Waals surface area (Å²) in [5.41, 5.74) is 15.7. The number of halogens is 1. The fraction of sp³-hybridized carbons (Fsp3) is 0.167. The second-order valence-electron chi connectivity index (χ2n) is 6.93. The first kappa shape index (κ1) is 25.8. The summed E-state index contributed by atoms with van der Waals surface area (Å²) in [6, 6.07) is 22.9. The van der Waals surface area contributed by atoms with Crippen LogP contribution in [0.2, 0.25) is 0 Å². The van der Waals surface area contributed by atoms with Crippen LogP contribution in [0.25, 0.3) is 0 Å². The summed E-state index contributed by atoms with van der Waals surface area (Å²) in [6.45, 7) is 0.901. The summed E-state index contributed by atoms with van der Waals surface area (Å²) >= 11 is 0. The van der Waals surface area contributed by atoms with E-state index < -0.39 is 0 Å². The number of guanidine groups is 2. The van der Waals surface area contributed by atoms with Gasteiger partial charge in [0.25, 0.3) is 0 Å². The molecule has 0 radical (unpaired) electrons. The Morgan fingerprint density at radius 2 is 1.09 bits per heavy atom. The fourth-order valence-electron chi connectivity index (χ4n) is 2.90. The summed E-state index contributed by atoms with van der Waals surface area (Å²) in [5, 5.41) is 6.13. The van der Waals surface area contributed by atoms with Crippen LogP contribution in [-0.2, 0) is 13.1 Å². The maximum atomic E-state index is 6.01. The van der Waals surface area contributed by atoms with E-state index in [0.29, 0.717) is 25.0 Å². The Morgan fingerprint density at radius 1 is 0.697 bits per heavy atom. The van der Waals surface area contributed by atoms with E-state index in [1.165, 1.54) is 0 Å². The first-order valence-corrected chi connectivity index (χ1v) is 10.1. The third-order valence-electron chi connectivity index (χ3n) is 4.58. The highest BCUT2D eigenvalue weighted by Gasteiger charge is 2.00. The zero-order chi connectivity index (χ0) is 22.8. The molecule has 0 aliphatic rings. The van der Waals surface area contributed by atoms with E-state index in [0.717, 1.165) is 34.0 Å². The minimum atomic E-state index is 0. The first-order chi connectivity index (χ1) is 15.6. The van der Waals surface area contributed by atoms with Crippen LogP contribution in [0.5, 0.6) is 11.5 Å². The summed E-state index contributed by atoms with van der Waals surface area (Å²) in [6.07, 6.45) is 0. The van der Waals surface area contributed by atoms with Gasteiger partial charge in [0.1, 0.15) is 11.5 Å². The molecule has 0 amide bonds. The molecular weight excluding hydrogens is 531 g/mol. The topological polar surface area (TPSA) is 119 Å². The standard InChI is InChI=1S/C24H28N6O2.HI/c1-31-21-10-6-19(7-11-21)29-23(25)27-15-17-4-3-5-18(14-17)16-28-24(26)30-20-8-12-22(32-2)13-9-20;/h3-14H,15-16H2,1-2H3,(H3,25,27,29)(H3,26,28,30);1H.